The first-order valence-electron chi connectivity index (χ1n) is 10.6. The molecule has 2 aromatic carbocycles. The first-order chi connectivity index (χ1) is 14.8. The van der Waals surface area contributed by atoms with Crippen LogP contribution in [0.25, 0.3) is 0 Å². The van der Waals surface area contributed by atoms with Gasteiger partial charge in [0.15, 0.2) is 17.3 Å². The van der Waals surface area contributed by atoms with E-state index in [0.29, 0.717) is 24.3 Å². The second kappa shape index (κ2) is 7.88. The molecule has 0 N–H and O–H groups in total. The Labute approximate surface area is 183 Å². The Balaban J connectivity index is 1.90. The lowest BCUT2D eigenvalue weighted by atomic mass is 9.69. The third kappa shape index (κ3) is 3.73. The number of ketones is 1. The molecule has 4 rings (SSSR count). The number of aryl methyl sites for hydroxylation is 1. The van der Waals surface area contributed by atoms with Crippen LogP contribution in [0.2, 0.25) is 0 Å². The van der Waals surface area contributed by atoms with Gasteiger partial charge < -0.3 is 9.47 Å². The molecule has 1 heterocycles. The zero-order chi connectivity index (χ0) is 22.3. The number of anilines is 1. The summed E-state index contributed by atoms with van der Waals surface area (Å²) in [7, 11) is 3.18. The highest BCUT2D eigenvalue weighted by atomic mass is 16.5. The lowest BCUT2D eigenvalue weighted by Gasteiger charge is -2.43. The Kier molecular flexibility index (Phi) is 5.38. The van der Waals surface area contributed by atoms with E-state index in [1.54, 1.807) is 19.1 Å². The largest absolute Gasteiger partial charge is 0.493 e. The molecule has 0 saturated heterocycles. The van der Waals surface area contributed by atoms with Crippen LogP contribution in [0.15, 0.2) is 53.7 Å². The van der Waals surface area contributed by atoms with Gasteiger partial charge in [-0.3, -0.25) is 14.5 Å². The fourth-order valence-corrected chi connectivity index (χ4v) is 4.86. The minimum Gasteiger partial charge on any atom is -0.493 e. The van der Waals surface area contributed by atoms with Gasteiger partial charge >= 0.3 is 0 Å². The average molecular weight is 420 g/mol. The number of nitrogens with zero attached hydrogens (tertiary/aromatic N) is 1. The summed E-state index contributed by atoms with van der Waals surface area (Å²) in [6.07, 6.45) is 1.40. The van der Waals surface area contributed by atoms with Crippen LogP contribution in [0.4, 0.5) is 5.69 Å². The van der Waals surface area contributed by atoms with Gasteiger partial charge in [-0.2, -0.15) is 0 Å². The number of allylic oxidation sites excluding steroid dienone is 2. The second-order valence-corrected chi connectivity index (χ2v) is 9.19. The van der Waals surface area contributed by atoms with Crippen molar-refractivity contribution in [1.82, 2.24) is 0 Å². The number of hydrogen-bond acceptors (Lipinski definition) is 4. The number of amides is 1. The number of rotatable bonds is 4. The van der Waals surface area contributed by atoms with Gasteiger partial charge in [0.25, 0.3) is 0 Å². The highest BCUT2D eigenvalue weighted by Gasteiger charge is 2.44. The Morgan fingerprint density at radius 3 is 2.35 bits per heavy atom. The Morgan fingerprint density at radius 2 is 1.68 bits per heavy atom. The molecule has 0 spiro atoms. The number of para-hydroxylation sites is 1. The van der Waals surface area contributed by atoms with E-state index >= 15 is 0 Å². The van der Waals surface area contributed by atoms with Crippen molar-refractivity contribution in [1.29, 1.82) is 0 Å². The van der Waals surface area contributed by atoms with E-state index < -0.39 is 0 Å². The van der Waals surface area contributed by atoms with Crippen LogP contribution < -0.4 is 14.4 Å². The number of carbonyl (C=O) groups excluding carboxylic acids is 2. The van der Waals surface area contributed by atoms with Gasteiger partial charge in [-0.15, -0.1) is 0 Å². The number of hydrogen-bond donors (Lipinski definition) is 0. The van der Waals surface area contributed by atoms with Crippen LogP contribution in [-0.4, -0.2) is 25.9 Å². The third-order valence-corrected chi connectivity index (χ3v) is 6.31. The average Bonchev–Trinajstić information content (AvgIpc) is 2.72. The summed E-state index contributed by atoms with van der Waals surface area (Å²) < 4.78 is 10.8. The molecule has 5 nitrogen and oxygen atoms in total. The maximum absolute atomic E-state index is 13.5. The normalized spacial score (nSPS) is 20.5. The maximum Gasteiger partial charge on any atom is 0.232 e. The fourth-order valence-electron chi connectivity index (χ4n) is 4.86. The van der Waals surface area contributed by atoms with Crippen LogP contribution in [0.1, 0.15) is 50.2 Å². The molecule has 5 heteroatoms. The predicted octanol–water partition coefficient (Wildman–Crippen LogP) is 5.18. The van der Waals surface area contributed by atoms with Crippen molar-refractivity contribution >= 4 is 17.4 Å². The van der Waals surface area contributed by atoms with Crippen LogP contribution in [0.5, 0.6) is 11.5 Å². The number of benzene rings is 2. The zero-order valence-electron chi connectivity index (χ0n) is 18.8. The van der Waals surface area contributed by atoms with Gasteiger partial charge in [0.2, 0.25) is 5.91 Å². The molecular formula is C26H29NO4. The van der Waals surface area contributed by atoms with Crippen molar-refractivity contribution in [2.45, 2.75) is 46.0 Å². The van der Waals surface area contributed by atoms with E-state index in [4.69, 9.17) is 9.47 Å². The van der Waals surface area contributed by atoms with Crippen LogP contribution in [0.3, 0.4) is 0 Å². The molecule has 0 radical (unpaired) electrons. The molecule has 2 aromatic rings. The Morgan fingerprint density at radius 1 is 0.968 bits per heavy atom. The molecule has 2 aliphatic rings. The van der Waals surface area contributed by atoms with E-state index in [-0.39, 0.29) is 29.4 Å². The summed E-state index contributed by atoms with van der Waals surface area (Å²) in [5.41, 5.74) is 4.17. The van der Waals surface area contributed by atoms with Crippen molar-refractivity contribution in [2.75, 3.05) is 19.1 Å². The first kappa shape index (κ1) is 21.2. The molecule has 0 aromatic heterocycles. The summed E-state index contributed by atoms with van der Waals surface area (Å²) in [5.74, 6) is 1.07. The maximum atomic E-state index is 13.5. The molecule has 162 valence electrons. The van der Waals surface area contributed by atoms with Gasteiger partial charge in [-0.05, 0) is 48.1 Å². The van der Waals surface area contributed by atoms with Crippen molar-refractivity contribution in [3.63, 3.8) is 0 Å². The number of methoxy groups -OCH3 is 2. The van der Waals surface area contributed by atoms with Crippen LogP contribution in [0, 0.1) is 12.3 Å². The van der Waals surface area contributed by atoms with E-state index in [1.165, 1.54) is 0 Å². The van der Waals surface area contributed by atoms with E-state index in [1.807, 2.05) is 49.4 Å². The second-order valence-electron chi connectivity index (χ2n) is 9.19. The minimum atomic E-state index is -0.286. The van der Waals surface area contributed by atoms with E-state index in [0.717, 1.165) is 28.1 Å². The summed E-state index contributed by atoms with van der Waals surface area (Å²) in [6.45, 7) is 6.18. The molecule has 0 fully saturated rings. The molecule has 1 unspecified atom stereocenters. The molecule has 31 heavy (non-hydrogen) atoms. The van der Waals surface area contributed by atoms with E-state index in [9.17, 15) is 9.59 Å². The molecular weight excluding hydrogens is 390 g/mol. The zero-order valence-corrected chi connectivity index (χ0v) is 18.8. The van der Waals surface area contributed by atoms with E-state index in [2.05, 4.69) is 13.8 Å². The quantitative estimate of drug-likeness (QED) is 0.686. The predicted molar refractivity (Wildman–Crippen MR) is 121 cm³/mol. The van der Waals surface area contributed by atoms with Crippen LogP contribution in [-0.2, 0) is 9.59 Å². The monoisotopic (exact) mass is 419 g/mol. The number of ether oxygens (including phenoxy) is 2. The Hall–Kier alpha value is -3.08. The smallest absolute Gasteiger partial charge is 0.232 e. The van der Waals surface area contributed by atoms with Gasteiger partial charge in [0, 0.05) is 30.0 Å². The van der Waals surface area contributed by atoms with Gasteiger partial charge in [-0.25, -0.2) is 0 Å². The highest BCUT2D eigenvalue weighted by Crippen LogP contribution is 2.49. The SMILES string of the molecule is COc1ccc(C2CC(=O)N(c3ccccc3C)C3=C2C(=O)CC(C)(C)C3)cc1OC. The lowest BCUT2D eigenvalue weighted by molar-refractivity contribution is -0.121. The standard InChI is InChI=1S/C26H29NO4/c1-16-8-6-7-9-19(16)27-20-14-26(2,3)15-21(28)25(20)18(13-24(27)29)17-10-11-22(30-4)23(12-17)31-5/h6-12,18H,13-15H2,1-5H3. The Bertz CT molecular complexity index is 1080. The molecule has 1 amide bonds. The molecule has 1 atom stereocenters. The minimum absolute atomic E-state index is 0.0123. The first-order valence-corrected chi connectivity index (χ1v) is 10.6. The molecule has 1 aliphatic heterocycles. The lowest BCUT2D eigenvalue weighted by Crippen LogP contribution is -2.44. The summed E-state index contributed by atoms with van der Waals surface area (Å²) in [5, 5.41) is 0. The summed E-state index contributed by atoms with van der Waals surface area (Å²) >= 11 is 0. The summed E-state index contributed by atoms with van der Waals surface area (Å²) in [4.78, 5) is 28.7. The van der Waals surface area contributed by atoms with Gasteiger partial charge in [0.05, 0.1) is 19.9 Å². The number of carbonyl (C=O) groups is 2. The molecule has 0 saturated carbocycles. The van der Waals surface area contributed by atoms with Crippen molar-refractivity contribution in [3.05, 3.63) is 64.9 Å². The topological polar surface area (TPSA) is 55.8 Å². The van der Waals surface area contributed by atoms with Crippen molar-refractivity contribution in [3.8, 4) is 11.5 Å². The number of Topliss-reactive ketones (excluding diaryl/α,β-unsaturated/α-hetero) is 1. The fraction of sp³-hybridized carbons (Fsp3) is 0.385. The molecule has 0 bridgehead atoms. The van der Waals surface area contributed by atoms with Crippen molar-refractivity contribution < 1.29 is 19.1 Å². The summed E-state index contributed by atoms with van der Waals surface area (Å²) in [6, 6.07) is 13.5. The van der Waals surface area contributed by atoms with Crippen LogP contribution >= 0.6 is 0 Å². The molecule has 1 aliphatic carbocycles. The third-order valence-electron chi connectivity index (χ3n) is 6.31. The van der Waals surface area contributed by atoms with Gasteiger partial charge in [-0.1, -0.05) is 38.1 Å². The van der Waals surface area contributed by atoms with Crippen molar-refractivity contribution in [2.24, 2.45) is 5.41 Å². The van der Waals surface area contributed by atoms with Gasteiger partial charge in [0.1, 0.15) is 0 Å². The highest BCUT2D eigenvalue weighted by molar-refractivity contribution is 6.08.